The summed E-state index contributed by atoms with van der Waals surface area (Å²) in [6.45, 7) is 10.2. The Hall–Kier alpha value is -0.870. The van der Waals surface area contributed by atoms with Gasteiger partial charge in [-0.1, -0.05) is 6.58 Å². The van der Waals surface area contributed by atoms with Gasteiger partial charge in [0.05, 0.1) is 0 Å². The Labute approximate surface area is 78.4 Å². The van der Waals surface area contributed by atoms with Crippen LogP contribution in [-0.4, -0.2) is 27.1 Å². The van der Waals surface area contributed by atoms with Crippen LogP contribution in [0.4, 0.5) is 0 Å². The Bertz CT molecular complexity index is 258. The van der Waals surface area contributed by atoms with Gasteiger partial charge in [0.15, 0.2) is 0 Å². The molecule has 1 aliphatic rings. The third-order valence-corrected chi connectivity index (χ3v) is 2.52. The molecule has 1 fully saturated rings. The first-order valence-corrected chi connectivity index (χ1v) is 4.20. The summed E-state index contributed by atoms with van der Waals surface area (Å²) in [5.74, 6) is -0.206. The lowest BCUT2D eigenvalue weighted by Gasteiger charge is -2.31. The number of nitrogens with zero attached hydrogens (tertiary/aromatic N) is 2. The predicted molar refractivity (Wildman–Crippen MR) is 47.7 cm³/mol. The average Bonchev–Trinajstić information content (AvgIpc) is 2.12. The van der Waals surface area contributed by atoms with Gasteiger partial charge < -0.3 is 0 Å². The molecule has 0 aliphatic carbocycles. The van der Waals surface area contributed by atoms with Crippen LogP contribution in [0.15, 0.2) is 12.8 Å². The summed E-state index contributed by atoms with van der Waals surface area (Å²) >= 11 is 0. The second-order valence-corrected chi connectivity index (χ2v) is 4.21. The van der Waals surface area contributed by atoms with Gasteiger partial charge in [-0.15, -0.1) is 10.3 Å². The first-order valence-electron chi connectivity index (χ1n) is 4.20. The third-order valence-electron chi connectivity index (χ3n) is 2.52. The molecule has 0 aromatic carbocycles. The number of carbonyl (C=O) groups excluding carboxylic acids is 1. The molecule has 0 N–H and O–H groups in total. The molecule has 1 aliphatic heterocycles. The van der Waals surface area contributed by atoms with Crippen molar-refractivity contribution in [2.75, 3.05) is 0 Å². The highest BCUT2D eigenvalue weighted by atomic mass is 16.5. The minimum atomic E-state index is -0.988. The molecule has 4 heteroatoms. The zero-order chi connectivity index (χ0) is 10.4. The van der Waals surface area contributed by atoms with Gasteiger partial charge in [-0.3, -0.25) is 9.69 Å². The molecule has 4 nitrogen and oxygen atoms in total. The van der Waals surface area contributed by atoms with E-state index in [0.29, 0.717) is 0 Å². The molecule has 0 spiro atoms. The predicted octanol–water partition coefficient (Wildman–Crippen LogP) is 1.13. The second-order valence-electron chi connectivity index (χ2n) is 4.21. The molecule has 1 saturated heterocycles. The standard InChI is InChI=1S/C9H15N2O2/c1-6-10-7(12)8(2,3)11(13)9(10,4)5/h6H,1H2,2-5H3. The summed E-state index contributed by atoms with van der Waals surface area (Å²) in [6.07, 6.45) is 1.40. The molecule has 0 saturated carbocycles. The van der Waals surface area contributed by atoms with Gasteiger partial charge in [0.1, 0.15) is 11.2 Å². The maximum Gasteiger partial charge on any atom is 0.250 e. The maximum atomic E-state index is 11.7. The lowest BCUT2D eigenvalue weighted by Crippen LogP contribution is -2.48. The first-order chi connectivity index (χ1) is 5.76. The van der Waals surface area contributed by atoms with Crippen molar-refractivity contribution >= 4 is 5.91 Å². The van der Waals surface area contributed by atoms with E-state index in [2.05, 4.69) is 6.58 Å². The number of rotatable bonds is 1. The van der Waals surface area contributed by atoms with Crippen molar-refractivity contribution in [2.24, 2.45) is 0 Å². The Morgan fingerprint density at radius 2 is 1.77 bits per heavy atom. The molecule has 73 valence electrons. The molecule has 13 heavy (non-hydrogen) atoms. The van der Waals surface area contributed by atoms with Crippen molar-refractivity contribution in [2.45, 2.75) is 38.9 Å². The topological polar surface area (TPSA) is 43.5 Å². The van der Waals surface area contributed by atoms with Crippen LogP contribution in [-0.2, 0) is 10.0 Å². The fourth-order valence-electron chi connectivity index (χ4n) is 1.72. The van der Waals surface area contributed by atoms with Crippen molar-refractivity contribution < 1.29 is 10.0 Å². The Morgan fingerprint density at radius 1 is 1.31 bits per heavy atom. The SMILES string of the molecule is C=CN1C(=O)C(C)(C)N([O])C1(C)C. The quantitative estimate of drug-likeness (QED) is 0.611. The van der Waals surface area contributed by atoms with Gasteiger partial charge >= 0.3 is 0 Å². The van der Waals surface area contributed by atoms with Crippen LogP contribution in [0.3, 0.4) is 0 Å². The molecule has 0 aromatic rings. The summed E-state index contributed by atoms with van der Waals surface area (Å²) in [7, 11) is 0. The van der Waals surface area contributed by atoms with E-state index >= 15 is 0 Å². The third kappa shape index (κ3) is 1.09. The molecular formula is C9H15N2O2. The van der Waals surface area contributed by atoms with Crippen LogP contribution in [0.25, 0.3) is 0 Å². The summed E-state index contributed by atoms with van der Waals surface area (Å²) in [6, 6.07) is 0. The van der Waals surface area contributed by atoms with Crippen molar-refractivity contribution in [3.05, 3.63) is 12.8 Å². The molecule has 0 atom stereocenters. The smallest absolute Gasteiger partial charge is 0.250 e. The monoisotopic (exact) mass is 183 g/mol. The molecule has 0 unspecified atom stereocenters. The van der Waals surface area contributed by atoms with Crippen LogP contribution in [0.1, 0.15) is 27.7 Å². The molecule has 1 rings (SSSR count). The highest BCUT2D eigenvalue weighted by molar-refractivity contribution is 5.89. The lowest BCUT2D eigenvalue weighted by molar-refractivity contribution is -0.255. The van der Waals surface area contributed by atoms with E-state index in [1.165, 1.54) is 11.1 Å². The first kappa shape index (κ1) is 10.2. The fourth-order valence-corrected chi connectivity index (χ4v) is 1.72. The highest BCUT2D eigenvalue weighted by Crippen LogP contribution is 2.36. The van der Waals surface area contributed by atoms with Crippen LogP contribution >= 0.6 is 0 Å². The highest BCUT2D eigenvalue weighted by Gasteiger charge is 2.56. The molecule has 0 aromatic heterocycles. The van der Waals surface area contributed by atoms with Gasteiger partial charge in [0.25, 0.3) is 5.91 Å². The van der Waals surface area contributed by atoms with Crippen molar-refractivity contribution in [1.29, 1.82) is 0 Å². The van der Waals surface area contributed by atoms with Gasteiger partial charge in [0, 0.05) is 6.20 Å². The lowest BCUT2D eigenvalue weighted by atomic mass is 10.1. The zero-order valence-corrected chi connectivity index (χ0v) is 8.50. The number of amides is 1. The van der Waals surface area contributed by atoms with Gasteiger partial charge in [0.2, 0.25) is 0 Å². The molecular weight excluding hydrogens is 168 g/mol. The minimum absolute atomic E-state index is 0.206. The van der Waals surface area contributed by atoms with Crippen molar-refractivity contribution in [1.82, 2.24) is 9.96 Å². The second kappa shape index (κ2) is 2.56. The van der Waals surface area contributed by atoms with E-state index < -0.39 is 11.2 Å². The van der Waals surface area contributed by atoms with Crippen LogP contribution < -0.4 is 0 Å². The average molecular weight is 183 g/mol. The molecule has 0 bridgehead atoms. The van der Waals surface area contributed by atoms with E-state index in [1.54, 1.807) is 27.7 Å². The van der Waals surface area contributed by atoms with Gasteiger partial charge in [-0.2, -0.15) is 0 Å². The largest absolute Gasteiger partial charge is 0.297 e. The zero-order valence-electron chi connectivity index (χ0n) is 8.50. The normalized spacial score (nSPS) is 26.5. The number of hydrogen-bond donors (Lipinski definition) is 0. The van der Waals surface area contributed by atoms with Crippen LogP contribution in [0, 0.1) is 0 Å². The fraction of sp³-hybridized carbons (Fsp3) is 0.667. The molecule has 1 amide bonds. The number of hydrogen-bond acceptors (Lipinski definition) is 2. The summed E-state index contributed by atoms with van der Waals surface area (Å²) in [5.41, 5.74) is -1.82. The molecule has 1 radical (unpaired) electrons. The number of hydroxylamine groups is 2. The van der Waals surface area contributed by atoms with Crippen LogP contribution in [0.2, 0.25) is 0 Å². The Balaban J connectivity index is 3.19. The van der Waals surface area contributed by atoms with E-state index in [1.807, 2.05) is 0 Å². The maximum absolute atomic E-state index is 11.7. The Morgan fingerprint density at radius 3 is 1.92 bits per heavy atom. The minimum Gasteiger partial charge on any atom is -0.297 e. The molecule has 1 heterocycles. The summed E-state index contributed by atoms with van der Waals surface area (Å²) in [5, 5.41) is 12.5. The van der Waals surface area contributed by atoms with Crippen molar-refractivity contribution in [3.8, 4) is 0 Å². The number of carbonyl (C=O) groups is 1. The van der Waals surface area contributed by atoms with Gasteiger partial charge in [-0.25, -0.2) is 0 Å². The van der Waals surface area contributed by atoms with E-state index in [4.69, 9.17) is 0 Å². The Kier molecular flexibility index (Phi) is 2.01. The van der Waals surface area contributed by atoms with E-state index in [0.717, 1.165) is 5.06 Å². The van der Waals surface area contributed by atoms with Gasteiger partial charge in [-0.05, 0) is 27.7 Å². The van der Waals surface area contributed by atoms with E-state index in [9.17, 15) is 10.0 Å². The van der Waals surface area contributed by atoms with E-state index in [-0.39, 0.29) is 5.91 Å². The summed E-state index contributed by atoms with van der Waals surface area (Å²) in [4.78, 5) is 13.1. The van der Waals surface area contributed by atoms with Crippen LogP contribution in [0.5, 0.6) is 0 Å². The van der Waals surface area contributed by atoms with Crippen molar-refractivity contribution in [3.63, 3.8) is 0 Å². The summed E-state index contributed by atoms with van der Waals surface area (Å²) < 4.78 is 0.